The second-order valence-corrected chi connectivity index (χ2v) is 5.51. The van der Waals surface area contributed by atoms with Crippen molar-refractivity contribution in [3.63, 3.8) is 0 Å². The van der Waals surface area contributed by atoms with Crippen LogP contribution >= 0.6 is 15.9 Å². The maximum atomic E-state index is 9.10. The van der Waals surface area contributed by atoms with Gasteiger partial charge in [0, 0.05) is 11.0 Å². The standard InChI is InChI=1S/C15H21BrN2/c1-3-5-6-12(4-2)11-18-15-8-7-14(16)9-13(15)10-17/h7-9,12,18H,3-6,11H2,1-2H3. The molecule has 0 saturated carbocycles. The molecule has 2 nitrogen and oxygen atoms in total. The highest BCUT2D eigenvalue weighted by Crippen LogP contribution is 2.21. The fraction of sp³-hybridized carbons (Fsp3) is 0.533. The lowest BCUT2D eigenvalue weighted by Gasteiger charge is -2.16. The molecule has 0 radical (unpaired) electrons. The number of anilines is 1. The smallest absolute Gasteiger partial charge is 0.101 e. The van der Waals surface area contributed by atoms with E-state index in [0.29, 0.717) is 11.5 Å². The Morgan fingerprint density at radius 1 is 1.39 bits per heavy atom. The summed E-state index contributed by atoms with van der Waals surface area (Å²) in [6, 6.07) is 8.02. The van der Waals surface area contributed by atoms with E-state index in [1.54, 1.807) is 0 Å². The van der Waals surface area contributed by atoms with Crippen molar-refractivity contribution in [3.05, 3.63) is 28.2 Å². The molecule has 0 amide bonds. The largest absolute Gasteiger partial charge is 0.384 e. The molecule has 1 aromatic carbocycles. The average Bonchev–Trinajstić information content (AvgIpc) is 2.40. The van der Waals surface area contributed by atoms with Crippen molar-refractivity contribution in [2.75, 3.05) is 11.9 Å². The predicted octanol–water partition coefficient (Wildman–Crippen LogP) is 4.95. The maximum absolute atomic E-state index is 9.10. The molecule has 1 unspecified atom stereocenters. The lowest BCUT2D eigenvalue weighted by atomic mass is 9.99. The molecule has 0 aromatic heterocycles. The van der Waals surface area contributed by atoms with Crippen molar-refractivity contribution in [3.8, 4) is 6.07 Å². The zero-order valence-electron chi connectivity index (χ0n) is 11.2. The molecular weight excluding hydrogens is 288 g/mol. The first kappa shape index (κ1) is 15.0. The summed E-state index contributed by atoms with van der Waals surface area (Å²) in [4.78, 5) is 0. The monoisotopic (exact) mass is 308 g/mol. The van der Waals surface area contributed by atoms with Gasteiger partial charge in [-0.1, -0.05) is 49.0 Å². The Labute approximate surface area is 119 Å². The second kappa shape index (κ2) is 8.16. The van der Waals surface area contributed by atoms with Crippen LogP contribution in [0.5, 0.6) is 0 Å². The van der Waals surface area contributed by atoms with E-state index in [9.17, 15) is 0 Å². The van der Waals surface area contributed by atoms with Crippen LogP contribution < -0.4 is 5.32 Å². The lowest BCUT2D eigenvalue weighted by Crippen LogP contribution is -2.14. The van der Waals surface area contributed by atoms with Crippen LogP contribution in [0.3, 0.4) is 0 Å². The van der Waals surface area contributed by atoms with E-state index in [4.69, 9.17) is 5.26 Å². The topological polar surface area (TPSA) is 35.8 Å². The van der Waals surface area contributed by atoms with E-state index >= 15 is 0 Å². The molecule has 0 fully saturated rings. The van der Waals surface area contributed by atoms with Gasteiger partial charge in [0.2, 0.25) is 0 Å². The summed E-state index contributed by atoms with van der Waals surface area (Å²) in [5, 5.41) is 12.5. The second-order valence-electron chi connectivity index (χ2n) is 4.60. The Bertz CT molecular complexity index is 409. The zero-order valence-corrected chi connectivity index (χ0v) is 12.8. The fourth-order valence-corrected chi connectivity index (χ4v) is 2.32. The summed E-state index contributed by atoms with van der Waals surface area (Å²) in [7, 11) is 0. The minimum absolute atomic E-state index is 0.695. The van der Waals surface area contributed by atoms with Crippen molar-refractivity contribution in [1.82, 2.24) is 0 Å². The van der Waals surface area contributed by atoms with Crippen molar-refractivity contribution in [2.45, 2.75) is 39.5 Å². The Kier molecular flexibility index (Phi) is 6.82. The molecule has 0 aliphatic heterocycles. The molecule has 1 rings (SSSR count). The molecule has 0 aliphatic rings. The normalized spacial score (nSPS) is 11.9. The van der Waals surface area contributed by atoms with Crippen LogP contribution in [-0.4, -0.2) is 6.54 Å². The molecule has 1 aromatic rings. The van der Waals surface area contributed by atoms with Gasteiger partial charge in [0.15, 0.2) is 0 Å². The molecular formula is C15H21BrN2. The van der Waals surface area contributed by atoms with Gasteiger partial charge in [-0.2, -0.15) is 5.26 Å². The molecule has 0 heterocycles. The summed E-state index contributed by atoms with van der Waals surface area (Å²) in [5.74, 6) is 0.695. The van der Waals surface area contributed by atoms with Gasteiger partial charge >= 0.3 is 0 Å². The van der Waals surface area contributed by atoms with E-state index < -0.39 is 0 Å². The van der Waals surface area contributed by atoms with Gasteiger partial charge in [-0.05, 0) is 30.5 Å². The Morgan fingerprint density at radius 3 is 2.78 bits per heavy atom. The SMILES string of the molecule is CCCCC(CC)CNc1ccc(Br)cc1C#N. The molecule has 1 atom stereocenters. The number of benzene rings is 1. The minimum Gasteiger partial charge on any atom is -0.384 e. The Hall–Kier alpha value is -1.01. The first-order chi connectivity index (χ1) is 8.71. The first-order valence-corrected chi connectivity index (χ1v) is 7.44. The van der Waals surface area contributed by atoms with E-state index in [-0.39, 0.29) is 0 Å². The molecule has 0 saturated heterocycles. The summed E-state index contributed by atoms with van der Waals surface area (Å²) in [6.45, 7) is 5.41. The number of unbranched alkanes of at least 4 members (excludes halogenated alkanes) is 1. The van der Waals surface area contributed by atoms with E-state index in [2.05, 4.69) is 41.2 Å². The highest BCUT2D eigenvalue weighted by Gasteiger charge is 2.07. The van der Waals surface area contributed by atoms with Crippen molar-refractivity contribution in [2.24, 2.45) is 5.92 Å². The average molecular weight is 309 g/mol. The molecule has 18 heavy (non-hydrogen) atoms. The number of halogens is 1. The van der Waals surface area contributed by atoms with Crippen molar-refractivity contribution in [1.29, 1.82) is 5.26 Å². The van der Waals surface area contributed by atoms with Crippen LogP contribution in [0.15, 0.2) is 22.7 Å². The van der Waals surface area contributed by atoms with Gasteiger partial charge in [0.05, 0.1) is 11.3 Å². The number of nitrogens with zero attached hydrogens (tertiary/aromatic N) is 1. The van der Waals surface area contributed by atoms with E-state index in [1.165, 1.54) is 25.7 Å². The highest BCUT2D eigenvalue weighted by molar-refractivity contribution is 9.10. The molecule has 3 heteroatoms. The Morgan fingerprint density at radius 2 is 2.17 bits per heavy atom. The van der Waals surface area contributed by atoms with Crippen LogP contribution in [0, 0.1) is 17.2 Å². The number of rotatable bonds is 7. The quantitative estimate of drug-likeness (QED) is 0.773. The third-order valence-electron chi connectivity index (χ3n) is 3.23. The van der Waals surface area contributed by atoms with Crippen LogP contribution in [0.25, 0.3) is 0 Å². The van der Waals surface area contributed by atoms with Crippen LogP contribution in [0.4, 0.5) is 5.69 Å². The van der Waals surface area contributed by atoms with Crippen LogP contribution in [-0.2, 0) is 0 Å². The van der Waals surface area contributed by atoms with E-state index in [0.717, 1.165) is 16.7 Å². The van der Waals surface area contributed by atoms with Gasteiger partial charge in [-0.15, -0.1) is 0 Å². The number of hydrogen-bond donors (Lipinski definition) is 1. The molecule has 1 N–H and O–H groups in total. The van der Waals surface area contributed by atoms with Gasteiger partial charge in [0.1, 0.15) is 6.07 Å². The van der Waals surface area contributed by atoms with E-state index in [1.807, 2.05) is 18.2 Å². The minimum atomic E-state index is 0.695. The third kappa shape index (κ3) is 4.70. The number of nitriles is 1. The first-order valence-electron chi connectivity index (χ1n) is 6.64. The van der Waals surface area contributed by atoms with Gasteiger partial charge in [0.25, 0.3) is 0 Å². The maximum Gasteiger partial charge on any atom is 0.101 e. The molecule has 98 valence electrons. The van der Waals surface area contributed by atoms with Crippen molar-refractivity contribution < 1.29 is 0 Å². The molecule has 0 spiro atoms. The van der Waals surface area contributed by atoms with Gasteiger partial charge < -0.3 is 5.32 Å². The number of nitrogens with one attached hydrogen (secondary N) is 1. The molecule has 0 bridgehead atoms. The fourth-order valence-electron chi connectivity index (χ4n) is 1.96. The zero-order chi connectivity index (χ0) is 13.4. The number of hydrogen-bond acceptors (Lipinski definition) is 2. The Balaban J connectivity index is 2.59. The summed E-state index contributed by atoms with van der Waals surface area (Å²) >= 11 is 3.39. The predicted molar refractivity (Wildman–Crippen MR) is 80.7 cm³/mol. The summed E-state index contributed by atoms with van der Waals surface area (Å²) in [6.07, 6.45) is 4.98. The van der Waals surface area contributed by atoms with Gasteiger partial charge in [-0.3, -0.25) is 0 Å². The molecule has 0 aliphatic carbocycles. The van der Waals surface area contributed by atoms with Crippen molar-refractivity contribution >= 4 is 21.6 Å². The van der Waals surface area contributed by atoms with Gasteiger partial charge in [-0.25, -0.2) is 0 Å². The summed E-state index contributed by atoms with van der Waals surface area (Å²) < 4.78 is 0.947. The summed E-state index contributed by atoms with van der Waals surface area (Å²) in [5.41, 5.74) is 1.64. The van der Waals surface area contributed by atoms with Crippen LogP contribution in [0.1, 0.15) is 45.1 Å². The third-order valence-corrected chi connectivity index (χ3v) is 3.72. The van der Waals surface area contributed by atoms with Crippen LogP contribution in [0.2, 0.25) is 0 Å². The highest BCUT2D eigenvalue weighted by atomic mass is 79.9. The lowest BCUT2D eigenvalue weighted by molar-refractivity contribution is 0.473.